The monoisotopic (exact) mass is 630 g/mol. The number of nitriles is 1. The van der Waals surface area contributed by atoms with Crippen LogP contribution in [0.25, 0.3) is 0 Å². The van der Waals surface area contributed by atoms with E-state index in [-0.39, 0.29) is 43.3 Å². The second kappa shape index (κ2) is 13.8. The number of carbonyl (C=O) groups excluding carboxylic acids is 3. The smallest absolute Gasteiger partial charge is 0.264 e. The fourth-order valence-electron chi connectivity index (χ4n) is 3.90. The van der Waals surface area contributed by atoms with E-state index in [4.69, 9.17) is 33.7 Å². The van der Waals surface area contributed by atoms with E-state index in [1.807, 2.05) is 24.6 Å². The van der Waals surface area contributed by atoms with Crippen molar-refractivity contribution in [1.82, 2.24) is 4.72 Å². The van der Waals surface area contributed by atoms with Gasteiger partial charge in [0.05, 0.1) is 28.1 Å². The Labute approximate surface area is 253 Å². The minimum Gasteiger partial charge on any atom is -0.483 e. The van der Waals surface area contributed by atoms with E-state index in [0.29, 0.717) is 17.7 Å². The predicted molar refractivity (Wildman–Crippen MR) is 159 cm³/mol. The van der Waals surface area contributed by atoms with Gasteiger partial charge in [0, 0.05) is 21.3 Å². The Morgan fingerprint density at radius 1 is 1.02 bits per heavy atom. The van der Waals surface area contributed by atoms with Crippen molar-refractivity contribution in [2.45, 2.75) is 38.1 Å². The number of hydrogen-bond donors (Lipinski definition) is 3. The van der Waals surface area contributed by atoms with Crippen LogP contribution in [0.5, 0.6) is 5.75 Å². The lowest BCUT2D eigenvalue weighted by molar-refractivity contribution is -0.121. The van der Waals surface area contributed by atoms with Gasteiger partial charge in [-0.3, -0.25) is 14.4 Å². The fraction of sp³-hybridized carbons (Fsp3) is 0.241. The third-order valence-corrected chi connectivity index (χ3v) is 7.71. The number of benzene rings is 3. The molecule has 4 N–H and O–H groups in total. The standard InChI is InChI=1S/C29H28Cl2N4O6S/c1-16(2)8-24(33)29(38)35-42(39,40)22-5-6-25(17(3)9-22)34-27(36)15-41-26-7-4-20(30)13-23(26)28(37)19-10-18(14-32)11-21(31)12-19/h4-7,9-13,16,24H,8,15,33H2,1-3H3,(H,34,36)(H,35,38)/t24-/m0/s1. The first kappa shape index (κ1) is 32.6. The van der Waals surface area contributed by atoms with Crippen LogP contribution in [0, 0.1) is 24.2 Å². The van der Waals surface area contributed by atoms with Gasteiger partial charge in [-0.1, -0.05) is 37.0 Å². The van der Waals surface area contributed by atoms with Crippen LogP contribution in [0.3, 0.4) is 0 Å². The maximum atomic E-state index is 13.2. The van der Waals surface area contributed by atoms with Crippen molar-refractivity contribution >= 4 is 56.5 Å². The zero-order valence-corrected chi connectivity index (χ0v) is 25.2. The van der Waals surface area contributed by atoms with Crippen LogP contribution in [0.15, 0.2) is 59.5 Å². The summed E-state index contributed by atoms with van der Waals surface area (Å²) in [5, 5.41) is 12.3. The van der Waals surface area contributed by atoms with Crippen LogP contribution >= 0.6 is 23.2 Å². The topological polar surface area (TPSA) is 168 Å². The molecule has 0 unspecified atom stereocenters. The van der Waals surface area contributed by atoms with Crippen LogP contribution < -0.4 is 20.5 Å². The van der Waals surface area contributed by atoms with Crippen molar-refractivity contribution in [1.29, 1.82) is 5.26 Å². The molecule has 3 aromatic carbocycles. The normalized spacial score (nSPS) is 11.9. The number of aryl methyl sites for hydroxylation is 1. The lowest BCUT2D eigenvalue weighted by Crippen LogP contribution is -2.44. The van der Waals surface area contributed by atoms with Gasteiger partial charge in [0.15, 0.2) is 12.4 Å². The molecular formula is C29H28Cl2N4O6S. The molecule has 0 saturated heterocycles. The highest BCUT2D eigenvalue weighted by Crippen LogP contribution is 2.27. The predicted octanol–water partition coefficient (Wildman–Crippen LogP) is 4.60. The summed E-state index contributed by atoms with van der Waals surface area (Å²) in [5.74, 6) is -1.74. The molecule has 0 aliphatic rings. The average molecular weight is 632 g/mol. The summed E-state index contributed by atoms with van der Waals surface area (Å²) < 4.78 is 33.0. The number of hydrogen-bond acceptors (Lipinski definition) is 8. The Hall–Kier alpha value is -3.95. The van der Waals surface area contributed by atoms with E-state index in [9.17, 15) is 28.1 Å². The molecule has 2 amide bonds. The Bertz CT molecular complexity index is 1690. The number of halogens is 2. The molecular weight excluding hydrogens is 603 g/mol. The van der Waals surface area contributed by atoms with Crippen LogP contribution in [-0.2, 0) is 19.6 Å². The molecule has 0 fully saturated rings. The molecule has 220 valence electrons. The number of rotatable bonds is 11. The third-order valence-electron chi connectivity index (χ3n) is 5.91. The van der Waals surface area contributed by atoms with E-state index in [1.54, 1.807) is 6.92 Å². The molecule has 1 atom stereocenters. The number of nitrogens with one attached hydrogen (secondary N) is 2. The third kappa shape index (κ3) is 8.53. The molecule has 0 bridgehead atoms. The van der Waals surface area contributed by atoms with E-state index >= 15 is 0 Å². The summed E-state index contributed by atoms with van der Waals surface area (Å²) in [7, 11) is -4.19. The van der Waals surface area contributed by atoms with Gasteiger partial charge in [-0.25, -0.2) is 13.1 Å². The Balaban J connectivity index is 1.71. The molecule has 0 heterocycles. The Kier molecular flexibility index (Phi) is 10.7. The maximum Gasteiger partial charge on any atom is 0.264 e. The molecule has 0 aromatic heterocycles. The number of nitrogens with two attached hydrogens (primary N) is 1. The summed E-state index contributed by atoms with van der Waals surface area (Å²) in [6.45, 7) is 4.82. The van der Waals surface area contributed by atoms with Gasteiger partial charge >= 0.3 is 0 Å². The highest BCUT2D eigenvalue weighted by molar-refractivity contribution is 7.90. The molecule has 0 aliphatic heterocycles. The van der Waals surface area contributed by atoms with Crippen molar-refractivity contribution in [3.8, 4) is 11.8 Å². The van der Waals surface area contributed by atoms with Gasteiger partial charge < -0.3 is 15.8 Å². The number of ether oxygens (including phenoxy) is 1. The quantitative estimate of drug-likeness (QED) is 0.258. The van der Waals surface area contributed by atoms with Gasteiger partial charge in [0.1, 0.15) is 5.75 Å². The maximum absolute atomic E-state index is 13.2. The first-order valence-electron chi connectivity index (χ1n) is 12.6. The van der Waals surface area contributed by atoms with Crippen molar-refractivity contribution in [2.24, 2.45) is 11.7 Å². The van der Waals surface area contributed by atoms with E-state index in [2.05, 4.69) is 5.32 Å². The van der Waals surface area contributed by atoms with Gasteiger partial charge in [0.2, 0.25) is 0 Å². The molecule has 10 nitrogen and oxygen atoms in total. The van der Waals surface area contributed by atoms with E-state index in [0.717, 1.165) is 0 Å². The van der Waals surface area contributed by atoms with E-state index < -0.39 is 40.3 Å². The zero-order chi connectivity index (χ0) is 31.2. The highest BCUT2D eigenvalue weighted by Gasteiger charge is 2.24. The van der Waals surface area contributed by atoms with Crippen molar-refractivity contribution in [3.05, 3.63) is 86.9 Å². The van der Waals surface area contributed by atoms with Gasteiger partial charge in [-0.05, 0) is 79.4 Å². The zero-order valence-electron chi connectivity index (χ0n) is 22.9. The number of ketones is 1. The molecule has 42 heavy (non-hydrogen) atoms. The van der Waals surface area contributed by atoms with Gasteiger partial charge in [-0.2, -0.15) is 5.26 Å². The van der Waals surface area contributed by atoms with Crippen LogP contribution in [0.1, 0.15) is 47.3 Å². The SMILES string of the molecule is Cc1cc(S(=O)(=O)NC(=O)[C@@H](N)CC(C)C)ccc1NC(=O)COc1ccc(Cl)cc1C(=O)c1cc(Cl)cc(C#N)c1. The molecule has 0 aliphatic carbocycles. The first-order chi connectivity index (χ1) is 19.7. The number of sulfonamides is 1. The number of amides is 2. The van der Waals surface area contributed by atoms with Crippen LogP contribution in [0.2, 0.25) is 10.0 Å². The largest absolute Gasteiger partial charge is 0.483 e. The first-order valence-corrected chi connectivity index (χ1v) is 14.8. The van der Waals surface area contributed by atoms with Crippen LogP contribution in [-0.4, -0.2) is 38.7 Å². The average Bonchev–Trinajstić information content (AvgIpc) is 2.91. The summed E-state index contributed by atoms with van der Waals surface area (Å²) >= 11 is 12.1. The highest BCUT2D eigenvalue weighted by atomic mass is 35.5. The summed E-state index contributed by atoms with van der Waals surface area (Å²) in [6.07, 6.45) is 0.321. The van der Waals surface area contributed by atoms with Gasteiger partial charge in [-0.15, -0.1) is 0 Å². The van der Waals surface area contributed by atoms with Gasteiger partial charge in [0.25, 0.3) is 21.8 Å². The number of carbonyl (C=O) groups is 3. The molecule has 3 aromatic rings. The Morgan fingerprint density at radius 2 is 1.74 bits per heavy atom. The lowest BCUT2D eigenvalue weighted by atomic mass is 10.0. The molecule has 0 radical (unpaired) electrons. The number of anilines is 1. The second-order valence-electron chi connectivity index (χ2n) is 9.83. The summed E-state index contributed by atoms with van der Waals surface area (Å²) in [5.41, 5.74) is 6.89. The second-order valence-corrected chi connectivity index (χ2v) is 12.4. The van der Waals surface area contributed by atoms with E-state index in [1.165, 1.54) is 54.6 Å². The fourth-order valence-corrected chi connectivity index (χ4v) is 5.42. The molecule has 3 rings (SSSR count). The molecule has 0 spiro atoms. The lowest BCUT2D eigenvalue weighted by Gasteiger charge is -2.15. The van der Waals surface area contributed by atoms with Crippen molar-refractivity contribution < 1.29 is 27.5 Å². The molecule has 0 saturated carbocycles. The summed E-state index contributed by atoms with van der Waals surface area (Å²) in [6, 6.07) is 13.4. The molecule has 13 heteroatoms. The number of nitrogens with zero attached hydrogens (tertiary/aromatic N) is 1. The minimum atomic E-state index is -4.19. The Morgan fingerprint density at radius 3 is 2.38 bits per heavy atom. The minimum absolute atomic E-state index is 0.0577. The van der Waals surface area contributed by atoms with Crippen molar-refractivity contribution in [2.75, 3.05) is 11.9 Å². The van der Waals surface area contributed by atoms with Crippen molar-refractivity contribution in [3.63, 3.8) is 0 Å². The summed E-state index contributed by atoms with van der Waals surface area (Å²) in [4.78, 5) is 37.9. The van der Waals surface area contributed by atoms with Crippen LogP contribution in [0.4, 0.5) is 5.69 Å².